The van der Waals surface area contributed by atoms with Crippen LogP contribution in [0.15, 0.2) is 29.8 Å². The lowest BCUT2D eigenvalue weighted by Crippen LogP contribution is -2.33. The Kier molecular flexibility index (Phi) is 4.95. The number of nitrogens with zero attached hydrogens (tertiary/aromatic N) is 2. The maximum Gasteiger partial charge on any atom is 0.253 e. The highest BCUT2D eigenvalue weighted by Crippen LogP contribution is 2.33. The zero-order chi connectivity index (χ0) is 18.1. The van der Waals surface area contributed by atoms with E-state index in [0.717, 1.165) is 26.9 Å². The quantitative estimate of drug-likeness (QED) is 0.806. The molecular weight excluding hydrogens is 332 g/mol. The number of rotatable bonds is 4. The third kappa shape index (κ3) is 3.47. The van der Waals surface area contributed by atoms with Gasteiger partial charge >= 0.3 is 0 Å². The molecule has 2 aromatic rings. The molecule has 1 aliphatic rings. The fraction of sp³-hybridized carbons (Fsp3) is 0.400. The van der Waals surface area contributed by atoms with E-state index in [1.54, 1.807) is 16.2 Å². The Labute approximate surface area is 153 Å². The van der Waals surface area contributed by atoms with Gasteiger partial charge in [0.05, 0.1) is 22.3 Å². The average Bonchev–Trinajstić information content (AvgIpc) is 3.01. The van der Waals surface area contributed by atoms with Crippen LogP contribution >= 0.6 is 11.3 Å². The van der Waals surface area contributed by atoms with Gasteiger partial charge in [-0.25, -0.2) is 4.98 Å². The molecule has 25 heavy (non-hydrogen) atoms. The van der Waals surface area contributed by atoms with Gasteiger partial charge in [-0.1, -0.05) is 32.0 Å². The topological polar surface area (TPSA) is 42.4 Å². The summed E-state index contributed by atoms with van der Waals surface area (Å²) >= 11 is 1.70. The van der Waals surface area contributed by atoms with Crippen molar-refractivity contribution in [2.24, 2.45) is 0 Å². The summed E-state index contributed by atoms with van der Waals surface area (Å²) in [6.45, 7) is 8.67. The van der Waals surface area contributed by atoms with E-state index in [1.165, 1.54) is 0 Å². The summed E-state index contributed by atoms with van der Waals surface area (Å²) in [4.78, 5) is 20.5. The van der Waals surface area contributed by atoms with Gasteiger partial charge in [-0.05, 0) is 26.0 Å². The number of likely N-dealkylation sites (N-methyl/N-ethyl adjacent to an activating group) is 1. The summed E-state index contributed by atoms with van der Waals surface area (Å²) in [5, 5.41) is 1.12. The molecule has 0 saturated heterocycles. The van der Waals surface area contributed by atoms with E-state index >= 15 is 0 Å². The molecule has 0 fully saturated rings. The van der Waals surface area contributed by atoms with E-state index in [4.69, 9.17) is 4.74 Å². The van der Waals surface area contributed by atoms with Crippen molar-refractivity contribution in [3.63, 3.8) is 0 Å². The van der Waals surface area contributed by atoms with Gasteiger partial charge in [-0.3, -0.25) is 4.79 Å². The fourth-order valence-corrected chi connectivity index (χ4v) is 4.05. The molecule has 1 amide bonds. The van der Waals surface area contributed by atoms with Crippen molar-refractivity contribution in [1.29, 1.82) is 0 Å². The Bertz CT molecular complexity index is 823. The van der Waals surface area contributed by atoms with Crippen molar-refractivity contribution < 1.29 is 9.53 Å². The third-order valence-electron chi connectivity index (χ3n) is 4.53. The van der Waals surface area contributed by atoms with Gasteiger partial charge in [0.15, 0.2) is 0 Å². The highest BCUT2D eigenvalue weighted by Gasteiger charge is 2.26. The van der Waals surface area contributed by atoms with Crippen LogP contribution in [0.25, 0.3) is 6.08 Å². The number of hydrogen-bond donors (Lipinski definition) is 0. The largest absolute Gasteiger partial charge is 0.488 e. The van der Waals surface area contributed by atoms with Crippen LogP contribution < -0.4 is 4.74 Å². The van der Waals surface area contributed by atoms with E-state index in [-0.39, 0.29) is 11.9 Å². The molecule has 0 radical (unpaired) electrons. The van der Waals surface area contributed by atoms with E-state index in [0.29, 0.717) is 18.1 Å². The smallest absolute Gasteiger partial charge is 0.253 e. The zero-order valence-corrected chi connectivity index (χ0v) is 16.2. The van der Waals surface area contributed by atoms with E-state index < -0.39 is 0 Å². The fourth-order valence-electron chi connectivity index (χ4n) is 2.88. The van der Waals surface area contributed by atoms with Crippen molar-refractivity contribution >= 4 is 23.3 Å². The monoisotopic (exact) mass is 356 g/mol. The molecule has 1 unspecified atom stereocenters. The summed E-state index contributed by atoms with van der Waals surface area (Å²) in [6, 6.07) is 7.76. The molecule has 0 aliphatic carbocycles. The predicted octanol–water partition coefficient (Wildman–Crippen LogP) is 4.57. The molecule has 0 spiro atoms. The minimum absolute atomic E-state index is 0.000833. The second kappa shape index (κ2) is 7.00. The van der Waals surface area contributed by atoms with Gasteiger partial charge in [-0.2, -0.15) is 0 Å². The summed E-state index contributed by atoms with van der Waals surface area (Å²) < 4.78 is 5.73. The van der Waals surface area contributed by atoms with Crippen LogP contribution in [0, 0.1) is 6.92 Å². The lowest BCUT2D eigenvalue weighted by molar-refractivity contribution is -0.128. The summed E-state index contributed by atoms with van der Waals surface area (Å²) in [6.07, 6.45) is 1.93. The van der Waals surface area contributed by atoms with Crippen molar-refractivity contribution in [2.45, 2.75) is 39.7 Å². The van der Waals surface area contributed by atoms with Crippen molar-refractivity contribution in [3.8, 4) is 5.75 Å². The van der Waals surface area contributed by atoms with Gasteiger partial charge in [0.2, 0.25) is 0 Å². The lowest BCUT2D eigenvalue weighted by Gasteiger charge is -2.27. The summed E-state index contributed by atoms with van der Waals surface area (Å²) in [5.41, 5.74) is 2.65. The molecule has 132 valence electrons. The molecule has 5 heteroatoms. The number of thiazole rings is 1. The van der Waals surface area contributed by atoms with Crippen LogP contribution in [-0.4, -0.2) is 29.4 Å². The first kappa shape index (κ1) is 17.7. The minimum atomic E-state index is -0.0180. The molecule has 0 bridgehead atoms. The van der Waals surface area contributed by atoms with Crippen molar-refractivity contribution in [2.75, 3.05) is 13.7 Å². The van der Waals surface area contributed by atoms with Crippen molar-refractivity contribution in [3.05, 3.63) is 51.0 Å². The Morgan fingerprint density at radius 2 is 2.00 bits per heavy atom. The lowest BCUT2D eigenvalue weighted by atomic mass is 10.1. The first-order valence-electron chi connectivity index (χ1n) is 8.55. The maximum atomic E-state index is 12.9. The van der Waals surface area contributed by atoms with Gasteiger partial charge in [0, 0.05) is 23.4 Å². The summed E-state index contributed by atoms with van der Waals surface area (Å²) in [7, 11) is 1.85. The Balaban J connectivity index is 1.82. The molecule has 2 heterocycles. The van der Waals surface area contributed by atoms with Gasteiger partial charge in [0.1, 0.15) is 12.4 Å². The number of ether oxygens (including phenoxy) is 1. The number of carbonyl (C=O) groups excluding carboxylic acids is 1. The minimum Gasteiger partial charge on any atom is -0.488 e. The maximum absolute atomic E-state index is 12.9. The molecule has 1 aliphatic heterocycles. The number of amides is 1. The standard InChI is InChI=1S/C20H24N2O2S/c1-12(2)19-21-13(3)18(25-19)14(4)22(5)20(23)16-10-15-8-6-7-9-17(15)24-11-16/h6-10,12,14H,11H2,1-5H3. The average molecular weight is 356 g/mol. The van der Waals surface area contributed by atoms with Crippen LogP contribution in [-0.2, 0) is 4.79 Å². The van der Waals surface area contributed by atoms with Crippen LogP contribution in [0.4, 0.5) is 0 Å². The number of hydrogen-bond acceptors (Lipinski definition) is 4. The van der Waals surface area contributed by atoms with E-state index in [9.17, 15) is 4.79 Å². The van der Waals surface area contributed by atoms with Crippen LogP contribution in [0.3, 0.4) is 0 Å². The molecule has 1 atom stereocenters. The second-order valence-electron chi connectivity index (χ2n) is 6.74. The SMILES string of the molecule is Cc1nc(C(C)C)sc1C(C)N(C)C(=O)C1=Cc2ccccc2OC1. The van der Waals surface area contributed by atoms with Crippen LogP contribution in [0.1, 0.15) is 53.9 Å². The predicted molar refractivity (Wildman–Crippen MR) is 102 cm³/mol. The number of aromatic nitrogens is 1. The molecule has 0 saturated carbocycles. The first-order chi connectivity index (χ1) is 11.9. The number of fused-ring (bicyclic) bond motifs is 1. The second-order valence-corrected chi connectivity index (χ2v) is 7.81. The third-order valence-corrected chi connectivity index (χ3v) is 6.16. The molecule has 1 aromatic heterocycles. The van der Waals surface area contributed by atoms with E-state index in [2.05, 4.69) is 25.8 Å². The first-order valence-corrected chi connectivity index (χ1v) is 9.37. The molecule has 0 N–H and O–H groups in total. The number of para-hydroxylation sites is 1. The van der Waals surface area contributed by atoms with Gasteiger partial charge < -0.3 is 9.64 Å². The van der Waals surface area contributed by atoms with Gasteiger partial charge in [0.25, 0.3) is 5.91 Å². The normalized spacial score (nSPS) is 14.6. The highest BCUT2D eigenvalue weighted by molar-refractivity contribution is 7.11. The molecular formula is C20H24N2O2S. The Hall–Kier alpha value is -2.14. The zero-order valence-electron chi connectivity index (χ0n) is 15.4. The Morgan fingerprint density at radius 3 is 2.68 bits per heavy atom. The number of benzene rings is 1. The highest BCUT2D eigenvalue weighted by atomic mass is 32.1. The van der Waals surface area contributed by atoms with Crippen molar-refractivity contribution in [1.82, 2.24) is 9.88 Å². The Morgan fingerprint density at radius 1 is 1.28 bits per heavy atom. The molecule has 3 rings (SSSR count). The van der Waals surface area contributed by atoms with E-state index in [1.807, 2.05) is 44.3 Å². The summed E-state index contributed by atoms with van der Waals surface area (Å²) in [5.74, 6) is 1.23. The van der Waals surface area contributed by atoms with Gasteiger partial charge in [-0.15, -0.1) is 11.3 Å². The number of aryl methyl sites for hydroxylation is 1. The van der Waals surface area contributed by atoms with Crippen LogP contribution in [0.2, 0.25) is 0 Å². The molecule has 1 aromatic carbocycles. The molecule has 4 nitrogen and oxygen atoms in total. The van der Waals surface area contributed by atoms with Crippen LogP contribution in [0.5, 0.6) is 5.75 Å². The number of carbonyl (C=O) groups is 1.